The summed E-state index contributed by atoms with van der Waals surface area (Å²) in [4.78, 5) is 0. The Morgan fingerprint density at radius 3 is 1.50 bits per heavy atom. The Labute approximate surface area is 221 Å². The van der Waals surface area contributed by atoms with Crippen molar-refractivity contribution in [3.8, 4) is 0 Å². The highest BCUT2D eigenvalue weighted by Crippen LogP contribution is 2.53. The van der Waals surface area contributed by atoms with E-state index in [1.54, 1.807) is 15.6 Å². The number of aryl methyl sites for hydroxylation is 6. The molecule has 188 valence electrons. The van der Waals surface area contributed by atoms with Crippen molar-refractivity contribution in [2.45, 2.75) is 87.1 Å². The van der Waals surface area contributed by atoms with E-state index in [0.29, 0.717) is 0 Å². The van der Waals surface area contributed by atoms with Crippen molar-refractivity contribution in [1.29, 1.82) is 0 Å². The predicted octanol–water partition coefficient (Wildman–Crippen LogP) is 7.57. The van der Waals surface area contributed by atoms with Crippen LogP contribution in [-0.2, 0) is 12.8 Å². The number of allylic oxidation sites excluding steroid dienone is 4. The van der Waals surface area contributed by atoms with Gasteiger partial charge in [0.15, 0.2) is 8.07 Å². The smallest absolute Gasteiger partial charge is 0.0730 e. The average Bonchev–Trinajstić information content (AvgIpc) is 3.06. The normalized spacial score (nSPS) is 18.1. The third kappa shape index (κ3) is 3.97. The third-order valence-corrected chi connectivity index (χ3v) is 15.0. The summed E-state index contributed by atoms with van der Waals surface area (Å²) in [6.45, 7) is 23.4. The van der Waals surface area contributed by atoms with Gasteiger partial charge in [-0.15, -0.1) is 0 Å². The molecule has 0 aliphatic heterocycles. The van der Waals surface area contributed by atoms with Crippen molar-refractivity contribution in [3.05, 3.63) is 111 Å². The summed E-state index contributed by atoms with van der Waals surface area (Å²) in [6.07, 6.45) is 4.76. The lowest BCUT2D eigenvalue weighted by Gasteiger charge is -2.49. The lowest BCUT2D eigenvalue weighted by atomic mass is 10.0. The van der Waals surface area contributed by atoms with E-state index < -0.39 is 8.07 Å². The SMILES string of the molecule is CCc1cc(CC)cc([Si](c2cc(C)ccc2C)(c2cc(C)ccc2C)C2(C)C=C(C)C(C)=C2C)c1. The fourth-order valence-corrected chi connectivity index (χ4v) is 13.6. The standard InChI is InChI=1S/C35H44Si/c1-11-30-19-31(12-2)21-32(20-30)36(33-17-23(3)13-15-25(33)5,34-18-24(4)14-16-26(34)6)35(10)22-27(7)28(8)29(35)9/h13-22H,11-12H2,1-10H3. The molecule has 0 aromatic heterocycles. The van der Waals surface area contributed by atoms with Gasteiger partial charge in [0.1, 0.15) is 0 Å². The van der Waals surface area contributed by atoms with Crippen molar-refractivity contribution < 1.29 is 0 Å². The van der Waals surface area contributed by atoms with E-state index in [4.69, 9.17) is 0 Å². The Morgan fingerprint density at radius 2 is 1.11 bits per heavy atom. The molecule has 0 bridgehead atoms. The number of hydrogen-bond donors (Lipinski definition) is 0. The Bertz CT molecular complexity index is 1310. The highest BCUT2D eigenvalue weighted by Gasteiger charge is 2.57. The van der Waals surface area contributed by atoms with E-state index in [-0.39, 0.29) is 5.04 Å². The number of benzene rings is 3. The molecule has 0 saturated heterocycles. The monoisotopic (exact) mass is 492 g/mol. The molecule has 4 rings (SSSR count). The van der Waals surface area contributed by atoms with Crippen LogP contribution in [0.25, 0.3) is 0 Å². The molecular formula is C35H44Si. The Hall–Kier alpha value is -2.64. The summed E-state index contributed by atoms with van der Waals surface area (Å²) < 4.78 is 0. The molecular weight excluding hydrogens is 448 g/mol. The molecule has 0 spiro atoms. The molecule has 1 unspecified atom stereocenters. The first-order chi connectivity index (χ1) is 17.0. The maximum Gasteiger partial charge on any atom is 0.162 e. The van der Waals surface area contributed by atoms with Gasteiger partial charge in [-0.05, 0) is 93.6 Å². The van der Waals surface area contributed by atoms with Gasteiger partial charge in [0.05, 0.1) is 0 Å². The van der Waals surface area contributed by atoms with Gasteiger partial charge in [-0.3, -0.25) is 0 Å². The van der Waals surface area contributed by atoms with Gasteiger partial charge in [-0.1, -0.05) is 115 Å². The first-order valence-corrected chi connectivity index (χ1v) is 15.7. The molecule has 1 aliphatic carbocycles. The second-order valence-electron chi connectivity index (χ2n) is 11.4. The van der Waals surface area contributed by atoms with Crippen molar-refractivity contribution >= 4 is 23.6 Å². The molecule has 0 fully saturated rings. The third-order valence-electron chi connectivity index (χ3n) is 9.11. The van der Waals surface area contributed by atoms with Crippen LogP contribution < -0.4 is 15.6 Å². The van der Waals surface area contributed by atoms with E-state index in [1.807, 2.05) is 0 Å². The van der Waals surface area contributed by atoms with Gasteiger partial charge < -0.3 is 0 Å². The summed E-state index contributed by atoms with van der Waals surface area (Å²) in [5.41, 5.74) is 12.9. The zero-order valence-electron chi connectivity index (χ0n) is 24.2. The zero-order chi connectivity index (χ0) is 26.4. The lowest BCUT2D eigenvalue weighted by molar-refractivity contribution is 0.869. The van der Waals surface area contributed by atoms with E-state index in [2.05, 4.69) is 130 Å². The van der Waals surface area contributed by atoms with Crippen molar-refractivity contribution in [3.63, 3.8) is 0 Å². The minimum absolute atomic E-state index is 0.0738. The van der Waals surface area contributed by atoms with E-state index in [0.717, 1.165) is 12.8 Å². The summed E-state index contributed by atoms with van der Waals surface area (Å²) >= 11 is 0. The van der Waals surface area contributed by atoms with Crippen LogP contribution in [0.15, 0.2) is 77.4 Å². The molecule has 0 saturated carbocycles. The zero-order valence-corrected chi connectivity index (χ0v) is 25.2. The average molecular weight is 493 g/mol. The Morgan fingerprint density at radius 1 is 0.639 bits per heavy atom. The van der Waals surface area contributed by atoms with Gasteiger partial charge in [0, 0.05) is 5.04 Å². The van der Waals surface area contributed by atoms with Crippen LogP contribution >= 0.6 is 0 Å². The van der Waals surface area contributed by atoms with Crippen molar-refractivity contribution in [2.24, 2.45) is 0 Å². The lowest BCUT2D eigenvalue weighted by Crippen LogP contribution is -2.74. The number of hydrogen-bond acceptors (Lipinski definition) is 0. The molecule has 3 aromatic carbocycles. The van der Waals surface area contributed by atoms with Gasteiger partial charge in [-0.25, -0.2) is 0 Å². The molecule has 1 atom stereocenters. The summed E-state index contributed by atoms with van der Waals surface area (Å²) in [5.74, 6) is 0. The van der Waals surface area contributed by atoms with Crippen LogP contribution in [-0.4, -0.2) is 8.07 Å². The molecule has 0 amide bonds. The molecule has 1 aliphatic rings. The Balaban J connectivity index is 2.34. The van der Waals surface area contributed by atoms with Gasteiger partial charge in [-0.2, -0.15) is 0 Å². The Kier molecular flexibility index (Phi) is 7.10. The molecule has 36 heavy (non-hydrogen) atoms. The second-order valence-corrected chi connectivity index (χ2v) is 15.6. The van der Waals surface area contributed by atoms with Crippen LogP contribution in [0.1, 0.15) is 74.9 Å². The molecule has 0 nitrogen and oxygen atoms in total. The topological polar surface area (TPSA) is 0 Å². The van der Waals surface area contributed by atoms with Crippen LogP contribution in [0.3, 0.4) is 0 Å². The minimum Gasteiger partial charge on any atom is -0.0730 e. The van der Waals surface area contributed by atoms with Gasteiger partial charge >= 0.3 is 0 Å². The van der Waals surface area contributed by atoms with Crippen LogP contribution in [0.4, 0.5) is 0 Å². The first kappa shape index (κ1) is 26.4. The maximum atomic E-state index is 2.64. The van der Waals surface area contributed by atoms with Crippen LogP contribution in [0, 0.1) is 27.7 Å². The quantitative estimate of drug-likeness (QED) is 0.246. The molecule has 0 heterocycles. The number of rotatable bonds is 6. The summed E-state index contributed by atoms with van der Waals surface area (Å²) in [7, 11) is -2.64. The highest BCUT2D eigenvalue weighted by atomic mass is 28.3. The van der Waals surface area contributed by atoms with E-state index in [9.17, 15) is 0 Å². The fraction of sp³-hybridized carbons (Fsp3) is 0.371. The fourth-order valence-electron chi connectivity index (χ4n) is 6.71. The molecule has 1 heteroatoms. The molecule has 0 radical (unpaired) electrons. The predicted molar refractivity (Wildman–Crippen MR) is 162 cm³/mol. The van der Waals surface area contributed by atoms with Crippen molar-refractivity contribution in [2.75, 3.05) is 0 Å². The van der Waals surface area contributed by atoms with Gasteiger partial charge in [0.2, 0.25) is 0 Å². The van der Waals surface area contributed by atoms with Gasteiger partial charge in [0.25, 0.3) is 0 Å². The second kappa shape index (κ2) is 9.67. The molecule has 0 N–H and O–H groups in total. The minimum atomic E-state index is -2.64. The summed E-state index contributed by atoms with van der Waals surface area (Å²) in [5, 5.41) is 4.61. The van der Waals surface area contributed by atoms with Crippen LogP contribution in [0.5, 0.6) is 0 Å². The van der Waals surface area contributed by atoms with Crippen LogP contribution in [0.2, 0.25) is 5.04 Å². The highest BCUT2D eigenvalue weighted by molar-refractivity contribution is 7.14. The van der Waals surface area contributed by atoms with Crippen molar-refractivity contribution in [1.82, 2.24) is 0 Å². The van der Waals surface area contributed by atoms with E-state index in [1.165, 1.54) is 50.1 Å². The van der Waals surface area contributed by atoms with E-state index >= 15 is 0 Å². The maximum absolute atomic E-state index is 2.64. The largest absolute Gasteiger partial charge is 0.162 e. The molecule has 3 aromatic rings. The summed E-state index contributed by atoms with van der Waals surface area (Å²) in [6, 6.07) is 21.9. The first-order valence-electron chi connectivity index (χ1n) is 13.7.